The molecule has 1 atom stereocenters. The molecule has 0 aliphatic heterocycles. The van der Waals surface area contributed by atoms with Gasteiger partial charge in [-0.25, -0.2) is 4.68 Å². The van der Waals surface area contributed by atoms with Gasteiger partial charge in [0.25, 0.3) is 0 Å². The highest BCUT2D eigenvalue weighted by molar-refractivity contribution is 6.02. The number of nitrogens with zero attached hydrogens (tertiary/aromatic N) is 4. The van der Waals surface area contributed by atoms with Crippen molar-refractivity contribution in [1.82, 2.24) is 20.3 Å². The number of hydrogen-bond donors (Lipinski definition) is 1. The van der Waals surface area contributed by atoms with Crippen LogP contribution in [0.4, 0.5) is 5.69 Å². The Hall–Kier alpha value is -4.60. The van der Waals surface area contributed by atoms with Gasteiger partial charge in [0.15, 0.2) is 0 Å². The average Bonchev–Trinajstić information content (AvgIpc) is 3.32. The van der Waals surface area contributed by atoms with Crippen molar-refractivity contribution >= 4 is 28.5 Å². The Bertz CT molecular complexity index is 1480. The highest BCUT2D eigenvalue weighted by Crippen LogP contribution is 2.38. The number of aromatic nitrogens is 3. The summed E-state index contributed by atoms with van der Waals surface area (Å²) in [4.78, 5) is 29.7. The Morgan fingerprint density at radius 2 is 1.64 bits per heavy atom. The lowest BCUT2D eigenvalue weighted by atomic mass is 10.00. The van der Waals surface area contributed by atoms with E-state index in [2.05, 4.69) is 15.6 Å². The van der Waals surface area contributed by atoms with Crippen molar-refractivity contribution in [3.63, 3.8) is 0 Å². The Balaban J connectivity index is 1.90. The standard InChI is InChI=1S/C29H33N5O5/c1-29(2,3)30-28(36)27(19-10-9-11-20(16-19)37-4)34(24-15-14-21(38-5)17-25(24)39-6)26(35)18-33-23-13-8-7-12-22(23)31-32-33/h7-17,27H,18H2,1-6H3,(H,30,36)/t27-/m1/s1. The quantitative estimate of drug-likeness (QED) is 0.346. The zero-order valence-electron chi connectivity index (χ0n) is 23.0. The molecule has 10 heteroatoms. The monoisotopic (exact) mass is 531 g/mol. The summed E-state index contributed by atoms with van der Waals surface area (Å²) in [5, 5.41) is 11.4. The fourth-order valence-corrected chi connectivity index (χ4v) is 4.31. The molecule has 1 N–H and O–H groups in total. The van der Waals surface area contributed by atoms with Gasteiger partial charge in [0.2, 0.25) is 11.8 Å². The van der Waals surface area contributed by atoms with Crippen LogP contribution in [0.1, 0.15) is 32.4 Å². The minimum Gasteiger partial charge on any atom is -0.497 e. The molecule has 0 fully saturated rings. The predicted octanol–water partition coefficient (Wildman–Crippen LogP) is 4.15. The Morgan fingerprint density at radius 1 is 0.923 bits per heavy atom. The van der Waals surface area contributed by atoms with Crippen LogP contribution in [0.25, 0.3) is 11.0 Å². The fourth-order valence-electron chi connectivity index (χ4n) is 4.31. The minimum absolute atomic E-state index is 0.168. The minimum atomic E-state index is -1.07. The molecular formula is C29H33N5O5. The number of hydrogen-bond acceptors (Lipinski definition) is 7. The number of ether oxygens (including phenoxy) is 3. The van der Waals surface area contributed by atoms with Crippen LogP contribution in [-0.4, -0.2) is 53.7 Å². The lowest BCUT2D eigenvalue weighted by Gasteiger charge is -2.34. The van der Waals surface area contributed by atoms with Crippen LogP contribution in [0.15, 0.2) is 66.7 Å². The molecule has 0 radical (unpaired) electrons. The third-order valence-electron chi connectivity index (χ3n) is 6.03. The molecule has 0 aliphatic rings. The molecule has 204 valence electrons. The van der Waals surface area contributed by atoms with E-state index in [1.807, 2.05) is 45.0 Å². The normalized spacial score (nSPS) is 12.1. The summed E-state index contributed by atoms with van der Waals surface area (Å²) in [6.07, 6.45) is 0. The van der Waals surface area contributed by atoms with E-state index in [0.717, 1.165) is 0 Å². The second-order valence-electron chi connectivity index (χ2n) is 9.96. The summed E-state index contributed by atoms with van der Waals surface area (Å²) in [7, 11) is 4.60. The largest absolute Gasteiger partial charge is 0.497 e. The maximum atomic E-state index is 14.3. The highest BCUT2D eigenvalue weighted by Gasteiger charge is 2.36. The zero-order chi connectivity index (χ0) is 28.2. The number of benzene rings is 3. The first kappa shape index (κ1) is 27.4. The maximum absolute atomic E-state index is 14.3. The van der Waals surface area contributed by atoms with Gasteiger partial charge in [0.1, 0.15) is 35.4 Å². The summed E-state index contributed by atoms with van der Waals surface area (Å²) in [6, 6.07) is 18.5. The molecule has 10 nitrogen and oxygen atoms in total. The first-order chi connectivity index (χ1) is 18.6. The number of carbonyl (C=O) groups excluding carboxylic acids is 2. The number of rotatable bonds is 9. The van der Waals surface area contributed by atoms with E-state index in [4.69, 9.17) is 14.2 Å². The Kier molecular flexibility index (Phi) is 8.04. The number of fused-ring (bicyclic) bond motifs is 1. The van der Waals surface area contributed by atoms with Crippen LogP contribution in [-0.2, 0) is 16.1 Å². The van der Waals surface area contributed by atoms with Gasteiger partial charge in [-0.2, -0.15) is 0 Å². The SMILES string of the molecule is COc1cccc([C@H](C(=O)NC(C)(C)C)N(C(=O)Cn2nnc3ccccc32)c2ccc(OC)cc2OC)c1. The van der Waals surface area contributed by atoms with Crippen LogP contribution < -0.4 is 24.4 Å². The zero-order valence-corrected chi connectivity index (χ0v) is 23.0. The van der Waals surface area contributed by atoms with Crippen LogP contribution in [0.3, 0.4) is 0 Å². The summed E-state index contributed by atoms with van der Waals surface area (Å²) in [5.74, 6) is 0.693. The first-order valence-corrected chi connectivity index (χ1v) is 12.4. The van der Waals surface area contributed by atoms with E-state index < -0.39 is 17.5 Å². The summed E-state index contributed by atoms with van der Waals surface area (Å²) in [6.45, 7) is 5.48. The number of para-hydroxylation sites is 1. The molecule has 0 spiro atoms. The van der Waals surface area contributed by atoms with Crippen molar-refractivity contribution in [2.24, 2.45) is 0 Å². The van der Waals surface area contributed by atoms with Crippen molar-refractivity contribution in [3.8, 4) is 17.2 Å². The van der Waals surface area contributed by atoms with Gasteiger partial charge >= 0.3 is 0 Å². The number of anilines is 1. The Morgan fingerprint density at radius 3 is 2.33 bits per heavy atom. The number of methoxy groups -OCH3 is 3. The number of nitrogens with one attached hydrogen (secondary N) is 1. The fraction of sp³-hybridized carbons (Fsp3) is 0.310. The van der Waals surface area contributed by atoms with Crippen molar-refractivity contribution in [2.45, 2.75) is 38.9 Å². The lowest BCUT2D eigenvalue weighted by Crippen LogP contribution is -2.50. The van der Waals surface area contributed by atoms with E-state index in [0.29, 0.717) is 39.5 Å². The highest BCUT2D eigenvalue weighted by atomic mass is 16.5. The molecular weight excluding hydrogens is 498 g/mol. The van der Waals surface area contributed by atoms with E-state index in [1.54, 1.807) is 56.7 Å². The third kappa shape index (κ3) is 6.11. The topological polar surface area (TPSA) is 108 Å². The van der Waals surface area contributed by atoms with Gasteiger partial charge in [0, 0.05) is 11.6 Å². The average molecular weight is 532 g/mol. The Labute approximate surface area is 227 Å². The first-order valence-electron chi connectivity index (χ1n) is 12.4. The van der Waals surface area contributed by atoms with Crippen molar-refractivity contribution in [3.05, 3.63) is 72.3 Å². The summed E-state index contributed by atoms with van der Waals surface area (Å²) < 4.78 is 18.0. The molecule has 0 aliphatic carbocycles. The molecule has 4 rings (SSSR count). The second-order valence-corrected chi connectivity index (χ2v) is 9.96. The molecule has 2 amide bonds. The summed E-state index contributed by atoms with van der Waals surface area (Å²) >= 11 is 0. The maximum Gasteiger partial charge on any atom is 0.249 e. The third-order valence-corrected chi connectivity index (χ3v) is 6.03. The number of amides is 2. The van der Waals surface area contributed by atoms with E-state index >= 15 is 0 Å². The van der Waals surface area contributed by atoms with Gasteiger partial charge < -0.3 is 19.5 Å². The molecule has 1 heterocycles. The van der Waals surface area contributed by atoms with E-state index in [1.165, 1.54) is 16.7 Å². The predicted molar refractivity (Wildman–Crippen MR) is 148 cm³/mol. The van der Waals surface area contributed by atoms with Crippen LogP contribution in [0.2, 0.25) is 0 Å². The van der Waals surface area contributed by atoms with Gasteiger partial charge in [-0.1, -0.05) is 29.5 Å². The molecule has 4 aromatic rings. The summed E-state index contributed by atoms with van der Waals surface area (Å²) in [5.41, 5.74) is 1.75. The lowest BCUT2D eigenvalue weighted by molar-refractivity contribution is -0.128. The van der Waals surface area contributed by atoms with Gasteiger partial charge in [0.05, 0.1) is 32.5 Å². The smallest absolute Gasteiger partial charge is 0.249 e. The molecule has 39 heavy (non-hydrogen) atoms. The van der Waals surface area contributed by atoms with Crippen LogP contribution >= 0.6 is 0 Å². The van der Waals surface area contributed by atoms with E-state index in [9.17, 15) is 9.59 Å². The van der Waals surface area contributed by atoms with Gasteiger partial charge in [-0.05, 0) is 62.7 Å². The second kappa shape index (κ2) is 11.4. The molecule has 0 bridgehead atoms. The van der Waals surface area contributed by atoms with E-state index in [-0.39, 0.29) is 12.5 Å². The van der Waals surface area contributed by atoms with Crippen molar-refractivity contribution in [2.75, 3.05) is 26.2 Å². The molecule has 0 unspecified atom stereocenters. The molecule has 3 aromatic carbocycles. The number of carbonyl (C=O) groups is 2. The molecule has 1 aromatic heterocycles. The van der Waals surface area contributed by atoms with Gasteiger partial charge in [-0.15, -0.1) is 5.10 Å². The van der Waals surface area contributed by atoms with Crippen LogP contribution in [0, 0.1) is 0 Å². The van der Waals surface area contributed by atoms with Crippen molar-refractivity contribution < 1.29 is 23.8 Å². The molecule has 0 saturated heterocycles. The van der Waals surface area contributed by atoms with Crippen molar-refractivity contribution in [1.29, 1.82) is 0 Å². The van der Waals surface area contributed by atoms with Gasteiger partial charge in [-0.3, -0.25) is 14.5 Å². The van der Waals surface area contributed by atoms with Crippen LogP contribution in [0.5, 0.6) is 17.2 Å². The molecule has 0 saturated carbocycles.